The molecule has 3 atom stereocenters. The topological polar surface area (TPSA) is 158 Å². The Hall–Kier alpha value is -4.37. The smallest absolute Gasteiger partial charge is 0.361 e. The predicted octanol–water partition coefficient (Wildman–Crippen LogP) is 4.85. The van der Waals surface area contributed by atoms with Gasteiger partial charge in [0, 0.05) is 53.4 Å². The van der Waals surface area contributed by atoms with E-state index in [9.17, 15) is 27.6 Å². The van der Waals surface area contributed by atoms with Crippen molar-refractivity contribution in [2.45, 2.75) is 85.7 Å². The van der Waals surface area contributed by atoms with Gasteiger partial charge in [0.05, 0.1) is 11.6 Å². The molecule has 1 aromatic heterocycles. The molecule has 52 heavy (non-hydrogen) atoms. The quantitative estimate of drug-likeness (QED) is 0.134. The van der Waals surface area contributed by atoms with Gasteiger partial charge in [-0.1, -0.05) is 60.3 Å². The number of carbonyl (C=O) groups excluding carboxylic acids is 3. The van der Waals surface area contributed by atoms with Crippen LogP contribution in [0.25, 0.3) is 10.9 Å². The van der Waals surface area contributed by atoms with E-state index >= 15 is 0 Å². The standard InChI is InChI=1S/C38H46F3N7O3S/c1-48-32(20-26-23-44-29-14-4-3-12-27(26)29)36(50)46-22-25-11-8-13-28(38(39,40)41)34(25)52-33-17-5-2-10-24(33)21-45-30(16-9-19-43)35(49)47-31(37(48)51)15-6-7-18-42/h2-5,8,10-14,17,23,30-32,44-45H,6-7,9,15-16,18-22,42-43H2,1H3,(H,46,50)(H,47,49)/t30-,31-,32-/m0/s1. The zero-order valence-electron chi connectivity index (χ0n) is 29.1. The van der Waals surface area contributed by atoms with Crippen LogP contribution in [-0.2, 0) is 40.1 Å². The molecule has 3 aromatic carbocycles. The maximum atomic E-state index is 14.5. The number of hydrogen-bond donors (Lipinski definition) is 6. The number of carbonyl (C=O) groups is 3. The molecule has 0 bridgehead atoms. The third-order valence-corrected chi connectivity index (χ3v) is 10.7. The van der Waals surface area contributed by atoms with Crippen molar-refractivity contribution in [1.82, 2.24) is 25.8 Å². The van der Waals surface area contributed by atoms with Crippen LogP contribution in [0.2, 0.25) is 0 Å². The number of alkyl halides is 3. The van der Waals surface area contributed by atoms with E-state index < -0.39 is 47.6 Å². The van der Waals surface area contributed by atoms with Gasteiger partial charge in [0.25, 0.3) is 0 Å². The van der Waals surface area contributed by atoms with Crippen molar-refractivity contribution in [2.24, 2.45) is 11.5 Å². The first kappa shape index (κ1) is 38.9. The van der Waals surface area contributed by atoms with Crippen LogP contribution in [0.3, 0.4) is 0 Å². The molecule has 5 rings (SSSR count). The number of benzene rings is 3. The van der Waals surface area contributed by atoms with Crippen LogP contribution >= 0.6 is 11.8 Å². The highest BCUT2D eigenvalue weighted by Crippen LogP contribution is 2.42. The molecule has 0 spiro atoms. The number of hydrogen-bond acceptors (Lipinski definition) is 7. The highest BCUT2D eigenvalue weighted by molar-refractivity contribution is 7.99. The largest absolute Gasteiger partial charge is 0.417 e. The van der Waals surface area contributed by atoms with Gasteiger partial charge < -0.3 is 37.3 Å². The fraction of sp³-hybridized carbons (Fsp3) is 0.395. The minimum absolute atomic E-state index is 0.0398. The summed E-state index contributed by atoms with van der Waals surface area (Å²) in [5, 5.41) is 9.96. The fourth-order valence-electron chi connectivity index (χ4n) is 6.44. The van der Waals surface area contributed by atoms with Gasteiger partial charge in [-0.3, -0.25) is 14.4 Å². The summed E-state index contributed by atoms with van der Waals surface area (Å²) in [6.07, 6.45) is -0.402. The van der Waals surface area contributed by atoms with Gasteiger partial charge in [0.2, 0.25) is 17.7 Å². The van der Waals surface area contributed by atoms with Crippen molar-refractivity contribution < 1.29 is 27.6 Å². The van der Waals surface area contributed by atoms with Crippen LogP contribution in [0.5, 0.6) is 0 Å². The van der Waals surface area contributed by atoms with Gasteiger partial charge in [-0.25, -0.2) is 0 Å². The summed E-state index contributed by atoms with van der Waals surface area (Å²) in [5.74, 6) is -1.42. The number of rotatable bonds is 9. The molecule has 3 amide bonds. The highest BCUT2D eigenvalue weighted by Gasteiger charge is 2.36. The lowest BCUT2D eigenvalue weighted by atomic mass is 10.0. The van der Waals surface area contributed by atoms with E-state index in [2.05, 4.69) is 20.9 Å². The molecule has 1 aliphatic heterocycles. The minimum atomic E-state index is -4.66. The number of H-pyrrole nitrogens is 1. The molecule has 0 fully saturated rings. The van der Waals surface area contributed by atoms with E-state index in [1.54, 1.807) is 36.5 Å². The maximum Gasteiger partial charge on any atom is 0.417 e. The third kappa shape index (κ3) is 9.54. The maximum absolute atomic E-state index is 14.5. The van der Waals surface area contributed by atoms with Crippen LogP contribution in [0, 0.1) is 0 Å². The van der Waals surface area contributed by atoms with Crippen LogP contribution in [0.4, 0.5) is 13.2 Å². The molecule has 10 nitrogen and oxygen atoms in total. The number of aromatic nitrogens is 1. The molecule has 14 heteroatoms. The first-order valence-electron chi connectivity index (χ1n) is 17.5. The second kappa shape index (κ2) is 17.9. The van der Waals surface area contributed by atoms with Gasteiger partial charge in [0.1, 0.15) is 12.1 Å². The molecule has 0 saturated heterocycles. The average molecular weight is 738 g/mol. The van der Waals surface area contributed by atoms with Gasteiger partial charge in [-0.05, 0) is 80.1 Å². The Balaban J connectivity index is 1.60. The van der Waals surface area contributed by atoms with Crippen LogP contribution in [-0.4, -0.2) is 65.9 Å². The number of unbranched alkanes of at least 4 members (excludes halogenated alkanes) is 1. The predicted molar refractivity (Wildman–Crippen MR) is 196 cm³/mol. The Morgan fingerprint density at radius 2 is 1.54 bits per heavy atom. The summed E-state index contributed by atoms with van der Waals surface area (Å²) < 4.78 is 43.5. The Bertz CT molecular complexity index is 1850. The average Bonchev–Trinajstić information content (AvgIpc) is 3.54. The number of aromatic amines is 1. The molecule has 0 saturated carbocycles. The van der Waals surface area contributed by atoms with Crippen molar-refractivity contribution >= 4 is 40.4 Å². The van der Waals surface area contributed by atoms with Gasteiger partial charge in [-0.2, -0.15) is 13.2 Å². The van der Waals surface area contributed by atoms with Crippen molar-refractivity contribution in [3.05, 3.63) is 95.2 Å². The molecule has 0 aliphatic carbocycles. The van der Waals surface area contributed by atoms with Crippen molar-refractivity contribution in [2.75, 3.05) is 20.1 Å². The highest BCUT2D eigenvalue weighted by atomic mass is 32.2. The lowest BCUT2D eigenvalue weighted by molar-refractivity contribution is -0.142. The summed E-state index contributed by atoms with van der Waals surface area (Å²) >= 11 is 0.963. The van der Waals surface area contributed by atoms with Crippen LogP contribution in [0.1, 0.15) is 54.4 Å². The van der Waals surface area contributed by atoms with Crippen molar-refractivity contribution in [1.29, 1.82) is 0 Å². The first-order valence-corrected chi connectivity index (χ1v) is 18.3. The molecular weight excluding hydrogens is 692 g/mol. The van der Waals surface area contributed by atoms with E-state index in [4.69, 9.17) is 11.5 Å². The number of halogens is 3. The molecule has 0 radical (unpaired) electrons. The van der Waals surface area contributed by atoms with Crippen molar-refractivity contribution in [3.63, 3.8) is 0 Å². The minimum Gasteiger partial charge on any atom is -0.361 e. The molecule has 4 aromatic rings. The van der Waals surface area contributed by atoms with E-state index in [0.717, 1.165) is 34.3 Å². The third-order valence-electron chi connectivity index (χ3n) is 9.36. The Labute approximate surface area is 305 Å². The fourth-order valence-corrected chi connectivity index (χ4v) is 7.65. The number of nitrogens with zero attached hydrogens (tertiary/aromatic N) is 1. The Morgan fingerprint density at radius 1 is 0.827 bits per heavy atom. The van der Waals surface area contributed by atoms with Crippen LogP contribution < -0.4 is 27.4 Å². The molecule has 2 heterocycles. The SMILES string of the molecule is CN1C(=O)[C@H](CCCCN)NC(=O)[C@H](CCCN)NCc2ccccc2Sc2c(cccc2C(F)(F)F)CNC(=O)[C@@H]1Cc1c[nH]c2ccccc12. The second-order valence-electron chi connectivity index (χ2n) is 13.0. The summed E-state index contributed by atoms with van der Waals surface area (Å²) in [7, 11) is 1.52. The number of para-hydroxylation sites is 1. The lowest BCUT2D eigenvalue weighted by Gasteiger charge is -2.32. The molecule has 8 N–H and O–H groups in total. The number of nitrogens with two attached hydrogens (primary N) is 2. The molecule has 1 aliphatic rings. The van der Waals surface area contributed by atoms with E-state index in [1.165, 1.54) is 18.0 Å². The zero-order chi connectivity index (χ0) is 37.3. The zero-order valence-corrected chi connectivity index (χ0v) is 29.9. The summed E-state index contributed by atoms with van der Waals surface area (Å²) in [6, 6.07) is 15.8. The molecule has 278 valence electrons. The monoisotopic (exact) mass is 737 g/mol. The number of nitrogens with one attached hydrogen (secondary N) is 4. The van der Waals surface area contributed by atoms with Crippen LogP contribution in [0.15, 0.2) is 82.7 Å². The first-order chi connectivity index (χ1) is 25.0. The number of amides is 3. The van der Waals surface area contributed by atoms with E-state index in [1.807, 2.05) is 24.3 Å². The summed E-state index contributed by atoms with van der Waals surface area (Å²) in [4.78, 5) is 47.5. The van der Waals surface area contributed by atoms with Gasteiger partial charge in [-0.15, -0.1) is 0 Å². The normalized spacial score (nSPS) is 19.5. The van der Waals surface area contributed by atoms with Gasteiger partial charge in [0.15, 0.2) is 0 Å². The summed E-state index contributed by atoms with van der Waals surface area (Å²) in [5.41, 5.74) is 13.3. The van der Waals surface area contributed by atoms with E-state index in [0.29, 0.717) is 55.7 Å². The van der Waals surface area contributed by atoms with E-state index in [-0.39, 0.29) is 30.0 Å². The van der Waals surface area contributed by atoms with Gasteiger partial charge >= 0.3 is 6.18 Å². The number of likely N-dealkylation sites (N-methyl/N-ethyl adjacent to an activating group) is 1. The second-order valence-corrected chi connectivity index (χ2v) is 14.0. The van der Waals surface area contributed by atoms with Crippen molar-refractivity contribution in [3.8, 4) is 0 Å². The molecule has 0 unspecified atom stereocenters. The lowest BCUT2D eigenvalue weighted by Crippen LogP contribution is -2.57. The number of fused-ring (bicyclic) bond motifs is 3. The molecular formula is C38H46F3N7O3S. The Kier molecular flexibility index (Phi) is 13.4. The Morgan fingerprint density at radius 3 is 2.31 bits per heavy atom. The summed E-state index contributed by atoms with van der Waals surface area (Å²) in [6.45, 7) is 0.702.